The first-order chi connectivity index (χ1) is 16.3. The number of ether oxygens (including phenoxy) is 1. The van der Waals surface area contributed by atoms with Gasteiger partial charge < -0.3 is 25.4 Å². The Balaban J connectivity index is 2.33. The van der Waals surface area contributed by atoms with E-state index in [2.05, 4.69) is 10.6 Å². The fourth-order valence-corrected chi connectivity index (χ4v) is 4.35. The number of benzene rings is 1. The standard InChI is InChI=1S/C25H37N3O6S/c1-15(2)20(27-24(33)34-25(3,4)5)22(30)28-14-17-10-8-7-9-16(17)13-19(28)21(29)26-18(23(31)32)11-12-35-6/h7-10,15,18-20H,11-14H2,1-6H3,(H,26,29)(H,27,33)(H,31,32)/t18-,19?,20+/m1/s1. The predicted octanol–water partition coefficient (Wildman–Crippen LogP) is 2.81. The topological polar surface area (TPSA) is 125 Å². The Morgan fingerprint density at radius 1 is 1.14 bits per heavy atom. The van der Waals surface area contributed by atoms with Crippen molar-refractivity contribution in [3.8, 4) is 0 Å². The van der Waals surface area contributed by atoms with E-state index in [9.17, 15) is 24.3 Å². The molecule has 3 N–H and O–H groups in total. The highest BCUT2D eigenvalue weighted by Gasteiger charge is 2.40. The number of nitrogens with zero attached hydrogens (tertiary/aromatic N) is 1. The summed E-state index contributed by atoms with van der Waals surface area (Å²) in [5.41, 5.74) is 1.10. The summed E-state index contributed by atoms with van der Waals surface area (Å²) in [4.78, 5) is 52.6. The average molecular weight is 508 g/mol. The smallest absolute Gasteiger partial charge is 0.408 e. The van der Waals surface area contributed by atoms with Crippen molar-refractivity contribution in [2.45, 2.75) is 77.7 Å². The first-order valence-electron chi connectivity index (χ1n) is 11.7. The van der Waals surface area contributed by atoms with Crippen molar-refractivity contribution in [2.24, 2.45) is 5.92 Å². The van der Waals surface area contributed by atoms with E-state index >= 15 is 0 Å². The molecule has 1 aliphatic heterocycles. The summed E-state index contributed by atoms with van der Waals surface area (Å²) in [7, 11) is 0. The van der Waals surface area contributed by atoms with Crippen molar-refractivity contribution in [2.75, 3.05) is 12.0 Å². The summed E-state index contributed by atoms with van der Waals surface area (Å²) in [5, 5.41) is 14.8. The second-order valence-corrected chi connectivity index (χ2v) is 11.0. The molecule has 0 saturated carbocycles. The fourth-order valence-electron chi connectivity index (χ4n) is 3.88. The Kier molecular flexibility index (Phi) is 10.00. The summed E-state index contributed by atoms with van der Waals surface area (Å²) in [6.45, 7) is 8.98. The lowest BCUT2D eigenvalue weighted by molar-refractivity contribution is -0.146. The summed E-state index contributed by atoms with van der Waals surface area (Å²) in [5.74, 6) is -1.77. The van der Waals surface area contributed by atoms with E-state index in [4.69, 9.17) is 4.74 Å². The number of hydrogen-bond donors (Lipinski definition) is 3. The van der Waals surface area contributed by atoms with Gasteiger partial charge in [-0.25, -0.2) is 9.59 Å². The van der Waals surface area contributed by atoms with Gasteiger partial charge in [-0.1, -0.05) is 38.1 Å². The maximum Gasteiger partial charge on any atom is 0.408 e. The first kappa shape index (κ1) is 28.5. The summed E-state index contributed by atoms with van der Waals surface area (Å²) < 4.78 is 5.34. The number of amides is 3. The van der Waals surface area contributed by atoms with Gasteiger partial charge >= 0.3 is 12.1 Å². The Morgan fingerprint density at radius 3 is 2.31 bits per heavy atom. The van der Waals surface area contributed by atoms with Gasteiger partial charge in [0.25, 0.3) is 0 Å². The molecule has 1 heterocycles. The lowest BCUT2D eigenvalue weighted by Crippen LogP contribution is -2.60. The van der Waals surface area contributed by atoms with Crippen LogP contribution in [0.1, 0.15) is 52.2 Å². The fraction of sp³-hybridized carbons (Fsp3) is 0.600. The summed E-state index contributed by atoms with van der Waals surface area (Å²) >= 11 is 1.49. The van der Waals surface area contributed by atoms with Crippen LogP contribution in [0.2, 0.25) is 0 Å². The van der Waals surface area contributed by atoms with Crippen LogP contribution in [-0.2, 0) is 32.1 Å². The molecule has 0 bridgehead atoms. The molecule has 2 rings (SSSR count). The lowest BCUT2D eigenvalue weighted by atomic mass is 9.91. The van der Waals surface area contributed by atoms with Crippen LogP contribution in [0, 0.1) is 5.92 Å². The Hall–Kier alpha value is -2.75. The minimum absolute atomic E-state index is 0.175. The summed E-state index contributed by atoms with van der Waals surface area (Å²) in [6.07, 6.45) is 1.67. The van der Waals surface area contributed by atoms with Crippen molar-refractivity contribution >= 4 is 35.6 Å². The normalized spacial score (nSPS) is 17.2. The minimum atomic E-state index is -1.12. The first-order valence-corrected chi connectivity index (χ1v) is 13.1. The third kappa shape index (κ3) is 8.16. The van der Waals surface area contributed by atoms with Crippen molar-refractivity contribution in [3.63, 3.8) is 0 Å². The van der Waals surface area contributed by atoms with E-state index in [0.29, 0.717) is 5.75 Å². The monoisotopic (exact) mass is 507 g/mol. The molecule has 10 heteroatoms. The number of rotatable bonds is 9. The number of carboxylic acids is 1. The van der Waals surface area contributed by atoms with Crippen LogP contribution in [-0.4, -0.2) is 69.6 Å². The molecule has 0 aliphatic carbocycles. The van der Waals surface area contributed by atoms with Crippen molar-refractivity contribution in [3.05, 3.63) is 35.4 Å². The quantitative estimate of drug-likeness (QED) is 0.469. The molecule has 3 atom stereocenters. The second-order valence-electron chi connectivity index (χ2n) is 10.0. The zero-order valence-corrected chi connectivity index (χ0v) is 22.1. The number of hydrogen-bond acceptors (Lipinski definition) is 6. The van der Waals surface area contributed by atoms with E-state index in [-0.39, 0.29) is 25.3 Å². The third-order valence-corrected chi connectivity index (χ3v) is 6.31. The van der Waals surface area contributed by atoms with Crippen molar-refractivity contribution in [1.29, 1.82) is 0 Å². The summed E-state index contributed by atoms with van der Waals surface area (Å²) in [6, 6.07) is 4.65. The molecule has 1 unspecified atom stereocenters. The van der Waals surface area contributed by atoms with Crippen LogP contribution in [0.15, 0.2) is 24.3 Å². The number of alkyl carbamates (subject to hydrolysis) is 1. The SMILES string of the molecule is CSCC[C@@H](NC(=O)C1Cc2ccccc2CN1C(=O)[C@@H](NC(=O)OC(C)(C)C)C(C)C)C(=O)O. The third-order valence-electron chi connectivity index (χ3n) is 5.66. The minimum Gasteiger partial charge on any atom is -0.480 e. The number of aliphatic carboxylic acids is 1. The van der Waals surface area contributed by atoms with Crippen molar-refractivity contribution < 1.29 is 29.0 Å². The lowest BCUT2D eigenvalue weighted by Gasteiger charge is -2.39. The molecule has 194 valence electrons. The van der Waals surface area contributed by atoms with E-state index < -0.39 is 47.6 Å². The maximum atomic E-state index is 13.7. The van der Waals surface area contributed by atoms with Crippen LogP contribution in [0.3, 0.4) is 0 Å². The maximum absolute atomic E-state index is 13.7. The van der Waals surface area contributed by atoms with E-state index in [1.165, 1.54) is 16.7 Å². The molecule has 1 aromatic carbocycles. The number of fused-ring (bicyclic) bond motifs is 1. The van der Waals surface area contributed by atoms with E-state index in [0.717, 1.165) is 11.1 Å². The van der Waals surface area contributed by atoms with Gasteiger partial charge in [0.1, 0.15) is 23.7 Å². The van der Waals surface area contributed by atoms with Gasteiger partial charge in [-0.2, -0.15) is 11.8 Å². The number of thioether (sulfide) groups is 1. The van der Waals surface area contributed by atoms with Crippen LogP contribution >= 0.6 is 11.8 Å². The average Bonchev–Trinajstić information content (AvgIpc) is 2.77. The van der Waals surface area contributed by atoms with Gasteiger partial charge in [-0.05, 0) is 56.2 Å². The Morgan fingerprint density at radius 2 is 1.77 bits per heavy atom. The van der Waals surface area contributed by atoms with Gasteiger partial charge in [-0.15, -0.1) is 0 Å². The zero-order chi connectivity index (χ0) is 26.3. The molecular formula is C25H37N3O6S. The van der Waals surface area contributed by atoms with Crippen LogP contribution in [0.25, 0.3) is 0 Å². The molecular weight excluding hydrogens is 470 g/mol. The zero-order valence-electron chi connectivity index (χ0n) is 21.3. The van der Waals surface area contributed by atoms with Gasteiger partial charge in [0, 0.05) is 13.0 Å². The number of carbonyl (C=O) groups excluding carboxylic acids is 3. The molecule has 0 fully saturated rings. The van der Waals surface area contributed by atoms with Crippen LogP contribution in [0.4, 0.5) is 4.79 Å². The highest BCUT2D eigenvalue weighted by atomic mass is 32.2. The van der Waals surface area contributed by atoms with Crippen molar-refractivity contribution in [1.82, 2.24) is 15.5 Å². The highest BCUT2D eigenvalue weighted by Crippen LogP contribution is 2.25. The highest BCUT2D eigenvalue weighted by molar-refractivity contribution is 7.98. The van der Waals surface area contributed by atoms with Gasteiger partial charge in [0.05, 0.1) is 0 Å². The molecule has 9 nitrogen and oxygen atoms in total. The molecule has 35 heavy (non-hydrogen) atoms. The van der Waals surface area contributed by atoms with E-state index in [1.54, 1.807) is 34.6 Å². The molecule has 3 amide bonds. The Labute approximate surface area is 211 Å². The molecule has 0 radical (unpaired) electrons. The second kappa shape index (κ2) is 12.3. The predicted molar refractivity (Wildman–Crippen MR) is 135 cm³/mol. The van der Waals surface area contributed by atoms with E-state index in [1.807, 2.05) is 30.5 Å². The number of carboxylic acid groups (broad SMARTS) is 1. The van der Waals surface area contributed by atoms with Gasteiger partial charge in [-0.3, -0.25) is 9.59 Å². The van der Waals surface area contributed by atoms with Crippen LogP contribution in [0.5, 0.6) is 0 Å². The number of carbonyl (C=O) groups is 4. The van der Waals surface area contributed by atoms with Crippen LogP contribution < -0.4 is 10.6 Å². The Bertz CT molecular complexity index is 930. The molecule has 1 aliphatic rings. The molecule has 0 saturated heterocycles. The molecule has 1 aromatic rings. The van der Waals surface area contributed by atoms with Gasteiger partial charge in [0.15, 0.2) is 0 Å². The number of nitrogens with one attached hydrogen (secondary N) is 2. The molecule has 0 spiro atoms. The molecule has 0 aromatic heterocycles. The largest absolute Gasteiger partial charge is 0.480 e. The van der Waals surface area contributed by atoms with Gasteiger partial charge in [0.2, 0.25) is 11.8 Å².